The third-order valence-electron chi connectivity index (χ3n) is 5.26. The Morgan fingerprint density at radius 3 is 1.86 bits per heavy atom. The summed E-state index contributed by atoms with van der Waals surface area (Å²) in [7, 11) is 1.48. The van der Waals surface area contributed by atoms with Gasteiger partial charge in [0, 0.05) is 12.1 Å². The first-order valence-corrected chi connectivity index (χ1v) is 11.3. The number of phenols is 1. The summed E-state index contributed by atoms with van der Waals surface area (Å²) in [6.07, 6.45) is 18.6. The Balaban J connectivity index is 1.92. The van der Waals surface area contributed by atoms with E-state index in [9.17, 15) is 9.90 Å². The van der Waals surface area contributed by atoms with Crippen molar-refractivity contribution in [3.05, 3.63) is 23.8 Å². The molecule has 28 heavy (non-hydrogen) atoms. The highest BCUT2D eigenvalue weighted by atomic mass is 16.5. The van der Waals surface area contributed by atoms with Crippen molar-refractivity contribution in [1.29, 1.82) is 0 Å². The number of hydrogen-bond acceptors (Lipinski definition) is 3. The maximum Gasteiger partial charge on any atom is 0.251 e. The largest absolute Gasteiger partial charge is 0.504 e. The number of phenolic OH excluding ortho intramolecular Hbond substituents is 1. The molecule has 0 radical (unpaired) electrons. The van der Waals surface area contributed by atoms with Crippen molar-refractivity contribution in [1.82, 2.24) is 5.32 Å². The number of carbonyl (C=O) groups excluding carboxylic acids is 1. The maximum absolute atomic E-state index is 12.1. The minimum absolute atomic E-state index is 0.0472. The van der Waals surface area contributed by atoms with Gasteiger partial charge in [-0.25, -0.2) is 0 Å². The fraction of sp³-hybridized carbons (Fsp3) is 0.708. The lowest BCUT2D eigenvalue weighted by atomic mass is 10.0. The second kappa shape index (κ2) is 16.3. The smallest absolute Gasteiger partial charge is 0.251 e. The van der Waals surface area contributed by atoms with E-state index in [1.54, 1.807) is 12.1 Å². The molecule has 1 aromatic rings. The number of amides is 1. The zero-order valence-electron chi connectivity index (χ0n) is 18.1. The summed E-state index contributed by atoms with van der Waals surface area (Å²) in [4.78, 5) is 12.1. The Kier molecular flexibility index (Phi) is 14.1. The molecule has 0 spiro atoms. The summed E-state index contributed by atoms with van der Waals surface area (Å²) in [5, 5.41) is 12.5. The molecule has 0 atom stereocenters. The fourth-order valence-electron chi connectivity index (χ4n) is 3.44. The number of ether oxygens (including phenoxy) is 1. The quantitative estimate of drug-likeness (QED) is 0.294. The van der Waals surface area contributed by atoms with E-state index in [-0.39, 0.29) is 11.7 Å². The van der Waals surface area contributed by atoms with E-state index in [0.717, 1.165) is 12.8 Å². The van der Waals surface area contributed by atoms with Gasteiger partial charge in [-0.15, -0.1) is 0 Å². The second-order valence-electron chi connectivity index (χ2n) is 7.74. The molecule has 0 fully saturated rings. The highest BCUT2D eigenvalue weighted by Gasteiger charge is 2.09. The molecule has 0 aliphatic heterocycles. The van der Waals surface area contributed by atoms with Gasteiger partial charge in [0.05, 0.1) is 7.11 Å². The van der Waals surface area contributed by atoms with Crippen molar-refractivity contribution in [2.45, 2.75) is 96.8 Å². The van der Waals surface area contributed by atoms with E-state index in [1.807, 2.05) is 0 Å². The molecule has 4 heteroatoms. The lowest BCUT2D eigenvalue weighted by Gasteiger charge is -2.08. The standard InChI is InChI=1S/C24H41NO3/c1-3-4-5-6-7-8-9-10-11-12-13-14-15-16-19-25-24(27)21-17-18-22(26)23(20-21)28-2/h17-18,20,26H,3-16,19H2,1-2H3,(H,25,27). The Morgan fingerprint density at radius 2 is 1.36 bits per heavy atom. The molecule has 0 heterocycles. The van der Waals surface area contributed by atoms with Gasteiger partial charge in [0.15, 0.2) is 11.5 Å². The highest BCUT2D eigenvalue weighted by Crippen LogP contribution is 2.26. The van der Waals surface area contributed by atoms with Crippen molar-refractivity contribution < 1.29 is 14.6 Å². The Hall–Kier alpha value is -1.71. The lowest BCUT2D eigenvalue weighted by Crippen LogP contribution is -2.24. The summed E-state index contributed by atoms with van der Waals surface area (Å²) in [6, 6.07) is 4.66. The van der Waals surface area contributed by atoms with Crippen LogP contribution >= 0.6 is 0 Å². The second-order valence-corrected chi connectivity index (χ2v) is 7.74. The first-order valence-electron chi connectivity index (χ1n) is 11.3. The molecule has 0 saturated heterocycles. The molecule has 1 amide bonds. The van der Waals surface area contributed by atoms with Crippen LogP contribution in [0.1, 0.15) is 107 Å². The molecule has 2 N–H and O–H groups in total. The van der Waals surface area contributed by atoms with Crippen LogP contribution in [0.3, 0.4) is 0 Å². The van der Waals surface area contributed by atoms with E-state index in [0.29, 0.717) is 17.9 Å². The van der Waals surface area contributed by atoms with Crippen LogP contribution < -0.4 is 10.1 Å². The predicted octanol–water partition coefficient (Wildman–Crippen LogP) is 6.61. The first-order chi connectivity index (χ1) is 13.7. The highest BCUT2D eigenvalue weighted by molar-refractivity contribution is 5.94. The number of nitrogens with one attached hydrogen (secondary N) is 1. The van der Waals surface area contributed by atoms with E-state index in [4.69, 9.17) is 4.74 Å². The van der Waals surface area contributed by atoms with Gasteiger partial charge in [0.2, 0.25) is 0 Å². The Bertz CT molecular complexity index is 531. The number of methoxy groups -OCH3 is 1. The average Bonchev–Trinajstić information content (AvgIpc) is 2.71. The van der Waals surface area contributed by atoms with E-state index in [2.05, 4.69) is 12.2 Å². The van der Waals surface area contributed by atoms with Crippen LogP contribution in [-0.2, 0) is 0 Å². The molecule has 0 bridgehead atoms. The monoisotopic (exact) mass is 391 g/mol. The zero-order chi connectivity index (χ0) is 20.5. The van der Waals surface area contributed by atoms with Crippen molar-refractivity contribution >= 4 is 5.91 Å². The number of unbranched alkanes of at least 4 members (excludes halogenated alkanes) is 13. The van der Waals surface area contributed by atoms with Crippen molar-refractivity contribution in [3.63, 3.8) is 0 Å². The molecule has 4 nitrogen and oxygen atoms in total. The number of carbonyl (C=O) groups is 1. The number of rotatable bonds is 17. The van der Waals surface area contributed by atoms with Crippen LogP contribution in [-0.4, -0.2) is 24.7 Å². The van der Waals surface area contributed by atoms with Gasteiger partial charge >= 0.3 is 0 Å². The molecule has 1 rings (SSSR count). The number of aromatic hydroxyl groups is 1. The average molecular weight is 392 g/mol. The van der Waals surface area contributed by atoms with E-state index >= 15 is 0 Å². The van der Waals surface area contributed by atoms with Crippen molar-refractivity contribution in [2.75, 3.05) is 13.7 Å². The first kappa shape index (κ1) is 24.3. The lowest BCUT2D eigenvalue weighted by molar-refractivity contribution is 0.0952. The maximum atomic E-state index is 12.1. The van der Waals surface area contributed by atoms with Gasteiger partial charge in [0.1, 0.15) is 0 Å². The summed E-state index contributed by atoms with van der Waals surface area (Å²) in [5.74, 6) is 0.253. The van der Waals surface area contributed by atoms with Crippen LogP contribution in [0.4, 0.5) is 0 Å². The number of benzene rings is 1. The normalized spacial score (nSPS) is 10.8. The molecule has 0 unspecified atom stereocenters. The van der Waals surface area contributed by atoms with Gasteiger partial charge in [-0.2, -0.15) is 0 Å². The van der Waals surface area contributed by atoms with Gasteiger partial charge in [-0.05, 0) is 24.6 Å². The molecule has 1 aromatic carbocycles. The molecule has 160 valence electrons. The Morgan fingerprint density at radius 1 is 0.857 bits per heavy atom. The van der Waals surface area contributed by atoms with Crippen LogP contribution in [0.5, 0.6) is 11.5 Å². The third-order valence-corrected chi connectivity index (χ3v) is 5.26. The fourth-order valence-corrected chi connectivity index (χ4v) is 3.44. The predicted molar refractivity (Wildman–Crippen MR) is 117 cm³/mol. The van der Waals surface area contributed by atoms with Gasteiger partial charge < -0.3 is 15.2 Å². The summed E-state index contributed by atoms with van der Waals surface area (Å²) >= 11 is 0. The van der Waals surface area contributed by atoms with Gasteiger partial charge in [-0.3, -0.25) is 4.79 Å². The minimum atomic E-state index is -0.118. The van der Waals surface area contributed by atoms with Gasteiger partial charge in [0.25, 0.3) is 5.91 Å². The topological polar surface area (TPSA) is 58.6 Å². The van der Waals surface area contributed by atoms with Crippen LogP contribution in [0, 0.1) is 0 Å². The van der Waals surface area contributed by atoms with Crippen LogP contribution in [0.15, 0.2) is 18.2 Å². The van der Waals surface area contributed by atoms with Crippen molar-refractivity contribution in [3.8, 4) is 11.5 Å². The summed E-state index contributed by atoms with van der Waals surface area (Å²) in [6.45, 7) is 2.96. The van der Waals surface area contributed by atoms with E-state index < -0.39 is 0 Å². The van der Waals surface area contributed by atoms with Gasteiger partial charge in [-0.1, -0.05) is 90.4 Å². The van der Waals surface area contributed by atoms with Crippen molar-refractivity contribution in [2.24, 2.45) is 0 Å². The summed E-state index contributed by atoms with van der Waals surface area (Å²) in [5.41, 5.74) is 0.514. The molecule has 0 aromatic heterocycles. The number of hydrogen-bond donors (Lipinski definition) is 2. The third kappa shape index (κ3) is 11.2. The summed E-state index contributed by atoms with van der Waals surface area (Å²) < 4.78 is 5.04. The molecular weight excluding hydrogens is 350 g/mol. The molecule has 0 aliphatic rings. The molecule has 0 aliphatic carbocycles. The zero-order valence-corrected chi connectivity index (χ0v) is 18.1. The van der Waals surface area contributed by atoms with Crippen LogP contribution in [0.25, 0.3) is 0 Å². The Labute approximate surface area is 172 Å². The molecule has 0 saturated carbocycles. The van der Waals surface area contributed by atoms with Crippen LogP contribution in [0.2, 0.25) is 0 Å². The SMILES string of the molecule is CCCCCCCCCCCCCCCCNC(=O)c1ccc(O)c(OC)c1. The van der Waals surface area contributed by atoms with E-state index in [1.165, 1.54) is 90.2 Å². The minimum Gasteiger partial charge on any atom is -0.504 e. The molecular formula is C24H41NO3.